The summed E-state index contributed by atoms with van der Waals surface area (Å²) < 4.78 is 68.9. The number of anilines is 1. The second-order valence-corrected chi connectivity index (χ2v) is 11.6. The number of aliphatic hydroxyl groups is 1. The summed E-state index contributed by atoms with van der Waals surface area (Å²) in [5, 5.41) is 19.2. The van der Waals surface area contributed by atoms with Crippen molar-refractivity contribution < 1.29 is 26.7 Å². The van der Waals surface area contributed by atoms with Crippen LogP contribution in [0.3, 0.4) is 0 Å². The molecule has 0 spiro atoms. The predicted molar refractivity (Wildman–Crippen MR) is 134 cm³/mol. The summed E-state index contributed by atoms with van der Waals surface area (Å²) >= 11 is 6.44. The predicted octanol–water partition coefficient (Wildman–Crippen LogP) is 5.70. The number of benzene rings is 2. The zero-order valence-electron chi connectivity index (χ0n) is 20.0. The van der Waals surface area contributed by atoms with Crippen molar-refractivity contribution in [3.8, 4) is 17.2 Å². The number of sulfonamides is 1. The van der Waals surface area contributed by atoms with Crippen molar-refractivity contribution in [3.63, 3.8) is 0 Å². The molecule has 0 amide bonds. The van der Waals surface area contributed by atoms with Crippen molar-refractivity contribution >= 4 is 27.3 Å². The first-order chi connectivity index (χ1) is 17.3. The van der Waals surface area contributed by atoms with Gasteiger partial charge in [-0.2, -0.15) is 18.4 Å². The van der Waals surface area contributed by atoms with Gasteiger partial charge in [-0.25, -0.2) is 8.42 Å². The standard InChI is InChI=1S/C26H23ClF3N3O3S/c1-25(2)8-9-33(22-6-4-3-5-20(22)25)37(35,36)23-13-18(21(27)11-16(23)7-10-34)19-15-32-24(26(28,29)30)12-17(19)14-31/h3-6,11-13,15,34H,7-10H2,1-2H3. The fraction of sp³-hybridized carbons (Fsp3) is 0.308. The molecule has 1 aliphatic rings. The molecule has 1 aromatic heterocycles. The quantitative estimate of drug-likeness (QED) is 0.440. The molecule has 4 rings (SSSR count). The van der Waals surface area contributed by atoms with E-state index in [0.29, 0.717) is 18.2 Å². The van der Waals surface area contributed by atoms with E-state index < -0.39 is 21.9 Å². The molecule has 2 aromatic carbocycles. The maximum atomic E-state index is 14.1. The zero-order chi connectivity index (χ0) is 27.2. The van der Waals surface area contributed by atoms with Crippen LogP contribution in [0.2, 0.25) is 5.02 Å². The van der Waals surface area contributed by atoms with Crippen molar-refractivity contribution in [3.05, 3.63) is 76.1 Å². The molecule has 0 unspecified atom stereocenters. The zero-order valence-corrected chi connectivity index (χ0v) is 21.5. The number of rotatable bonds is 5. The van der Waals surface area contributed by atoms with Gasteiger partial charge >= 0.3 is 6.18 Å². The van der Waals surface area contributed by atoms with Gasteiger partial charge in [0.15, 0.2) is 0 Å². The highest BCUT2D eigenvalue weighted by Crippen LogP contribution is 2.43. The Kier molecular flexibility index (Phi) is 7.01. The molecule has 0 aliphatic carbocycles. The monoisotopic (exact) mass is 549 g/mol. The summed E-state index contributed by atoms with van der Waals surface area (Å²) in [7, 11) is -4.20. The van der Waals surface area contributed by atoms with E-state index in [0.717, 1.165) is 11.8 Å². The first-order valence-electron chi connectivity index (χ1n) is 11.3. The topological polar surface area (TPSA) is 94.3 Å². The van der Waals surface area contributed by atoms with Crippen LogP contribution >= 0.6 is 11.6 Å². The van der Waals surface area contributed by atoms with E-state index in [2.05, 4.69) is 4.98 Å². The smallest absolute Gasteiger partial charge is 0.396 e. The molecular weight excluding hydrogens is 527 g/mol. The molecule has 37 heavy (non-hydrogen) atoms. The maximum Gasteiger partial charge on any atom is 0.433 e. The highest BCUT2D eigenvalue weighted by atomic mass is 35.5. The summed E-state index contributed by atoms with van der Waals surface area (Å²) in [6.45, 7) is 3.92. The van der Waals surface area contributed by atoms with Crippen LogP contribution in [0.1, 0.15) is 42.7 Å². The normalized spacial score (nSPS) is 15.2. The van der Waals surface area contributed by atoms with Crippen molar-refractivity contribution in [2.75, 3.05) is 17.5 Å². The van der Waals surface area contributed by atoms with Gasteiger partial charge in [0, 0.05) is 35.5 Å². The molecular formula is C26H23ClF3N3O3S. The average molecular weight is 550 g/mol. The Morgan fingerprint density at radius 3 is 2.54 bits per heavy atom. The van der Waals surface area contributed by atoms with Gasteiger partial charge in [0.05, 0.1) is 22.2 Å². The molecule has 1 N–H and O–H groups in total. The molecule has 1 aliphatic heterocycles. The number of alkyl halides is 3. The Bertz CT molecular complexity index is 1520. The summed E-state index contributed by atoms with van der Waals surface area (Å²) in [6, 6.07) is 12.1. The van der Waals surface area contributed by atoms with Gasteiger partial charge in [-0.3, -0.25) is 9.29 Å². The third-order valence-corrected chi connectivity index (χ3v) is 8.75. The van der Waals surface area contributed by atoms with Crippen LogP contribution in [-0.4, -0.2) is 31.7 Å². The molecule has 3 aromatic rings. The molecule has 0 bridgehead atoms. The van der Waals surface area contributed by atoms with E-state index in [1.165, 1.54) is 16.4 Å². The first-order valence-corrected chi connectivity index (χ1v) is 13.2. The Morgan fingerprint density at radius 2 is 1.89 bits per heavy atom. The Balaban J connectivity index is 1.92. The third kappa shape index (κ3) is 4.91. The van der Waals surface area contributed by atoms with Crippen molar-refractivity contribution in [1.29, 1.82) is 5.26 Å². The van der Waals surface area contributed by atoms with Gasteiger partial charge in [-0.15, -0.1) is 0 Å². The van der Waals surface area contributed by atoms with Crippen LogP contribution in [0.25, 0.3) is 11.1 Å². The average Bonchev–Trinajstić information content (AvgIpc) is 2.83. The SMILES string of the molecule is CC1(C)CCN(S(=O)(=O)c2cc(-c3cnc(C(F)(F)F)cc3C#N)c(Cl)cc2CCO)c2ccccc21. The van der Waals surface area contributed by atoms with Crippen molar-refractivity contribution in [1.82, 2.24) is 4.98 Å². The number of nitriles is 1. The minimum absolute atomic E-state index is 0.0145. The lowest BCUT2D eigenvalue weighted by molar-refractivity contribution is -0.141. The maximum absolute atomic E-state index is 14.1. The number of halogens is 4. The fourth-order valence-corrected chi connectivity index (χ4v) is 6.58. The van der Waals surface area contributed by atoms with E-state index in [-0.39, 0.29) is 57.2 Å². The second-order valence-electron chi connectivity index (χ2n) is 9.37. The lowest BCUT2D eigenvalue weighted by Crippen LogP contribution is -2.41. The van der Waals surface area contributed by atoms with Crippen LogP contribution in [0.4, 0.5) is 18.9 Å². The summed E-state index contributed by atoms with van der Waals surface area (Å²) in [6.07, 6.45) is -3.36. The first kappa shape index (κ1) is 26.9. The third-order valence-electron chi connectivity index (χ3n) is 6.55. The van der Waals surface area contributed by atoms with Gasteiger partial charge in [-0.1, -0.05) is 43.6 Å². The van der Waals surface area contributed by atoms with Gasteiger partial charge in [0.25, 0.3) is 10.0 Å². The number of aromatic nitrogens is 1. The van der Waals surface area contributed by atoms with Gasteiger partial charge in [0.1, 0.15) is 5.69 Å². The molecule has 0 saturated heterocycles. The Hall–Kier alpha value is -3.13. The Labute approximate surface area is 218 Å². The van der Waals surface area contributed by atoms with Gasteiger partial charge in [-0.05, 0) is 53.6 Å². The van der Waals surface area contributed by atoms with Crippen molar-refractivity contribution in [2.24, 2.45) is 0 Å². The lowest BCUT2D eigenvalue weighted by Gasteiger charge is -2.39. The molecule has 2 heterocycles. The van der Waals surface area contributed by atoms with Gasteiger partial charge < -0.3 is 5.11 Å². The number of nitrogens with zero attached hydrogens (tertiary/aromatic N) is 3. The van der Waals surface area contributed by atoms with E-state index in [4.69, 9.17) is 11.6 Å². The summed E-state index contributed by atoms with van der Waals surface area (Å²) in [4.78, 5) is 3.27. The van der Waals surface area contributed by atoms with Gasteiger partial charge in [0.2, 0.25) is 0 Å². The van der Waals surface area contributed by atoms with E-state index in [1.807, 2.05) is 26.0 Å². The number of hydrogen-bond donors (Lipinski definition) is 1. The number of pyridine rings is 1. The lowest BCUT2D eigenvalue weighted by atomic mass is 9.78. The molecule has 194 valence electrons. The Morgan fingerprint density at radius 1 is 1.19 bits per heavy atom. The van der Waals surface area contributed by atoms with E-state index in [9.17, 15) is 32.0 Å². The van der Waals surface area contributed by atoms with Crippen LogP contribution in [0.5, 0.6) is 0 Å². The highest BCUT2D eigenvalue weighted by Gasteiger charge is 2.38. The van der Waals surface area contributed by atoms with Crippen molar-refractivity contribution in [2.45, 2.75) is 43.2 Å². The van der Waals surface area contributed by atoms with Crippen LogP contribution in [0, 0.1) is 11.3 Å². The fourth-order valence-electron chi connectivity index (χ4n) is 4.54. The summed E-state index contributed by atoms with van der Waals surface area (Å²) in [5.41, 5.74) is -0.209. The largest absolute Gasteiger partial charge is 0.433 e. The number of fused-ring (bicyclic) bond motifs is 1. The minimum Gasteiger partial charge on any atom is -0.396 e. The number of aliphatic hydroxyl groups excluding tert-OH is 1. The molecule has 11 heteroatoms. The molecule has 0 atom stereocenters. The van der Waals surface area contributed by atoms with Crippen LogP contribution < -0.4 is 4.31 Å². The number of para-hydroxylation sites is 1. The van der Waals surface area contributed by atoms with Crippen LogP contribution in [-0.2, 0) is 28.0 Å². The van der Waals surface area contributed by atoms with E-state index in [1.54, 1.807) is 18.2 Å². The molecule has 6 nitrogen and oxygen atoms in total. The molecule has 0 saturated carbocycles. The summed E-state index contributed by atoms with van der Waals surface area (Å²) in [5.74, 6) is 0. The minimum atomic E-state index is -4.76. The molecule has 0 radical (unpaired) electrons. The van der Waals surface area contributed by atoms with Crippen LogP contribution in [0.15, 0.2) is 53.6 Å². The second kappa shape index (κ2) is 9.63. The number of hydrogen-bond acceptors (Lipinski definition) is 5. The molecule has 0 fully saturated rings. The highest BCUT2D eigenvalue weighted by molar-refractivity contribution is 7.93. The van der Waals surface area contributed by atoms with E-state index >= 15 is 0 Å².